The van der Waals surface area contributed by atoms with Crippen molar-refractivity contribution < 1.29 is 9.18 Å². The van der Waals surface area contributed by atoms with Crippen molar-refractivity contribution >= 4 is 41.5 Å². The molecule has 2 unspecified atom stereocenters. The van der Waals surface area contributed by atoms with E-state index >= 15 is 0 Å². The molecule has 0 radical (unpaired) electrons. The van der Waals surface area contributed by atoms with Crippen molar-refractivity contribution in [1.82, 2.24) is 9.88 Å². The number of allylic oxidation sites excluding steroid dienone is 3. The zero-order valence-electron chi connectivity index (χ0n) is 19.2. The van der Waals surface area contributed by atoms with Gasteiger partial charge >= 0.3 is 0 Å². The van der Waals surface area contributed by atoms with Gasteiger partial charge in [0.2, 0.25) is 5.96 Å². The van der Waals surface area contributed by atoms with Gasteiger partial charge in [-0.1, -0.05) is 11.6 Å². The summed E-state index contributed by atoms with van der Waals surface area (Å²) in [7, 11) is 0. The van der Waals surface area contributed by atoms with Gasteiger partial charge in [-0.05, 0) is 68.1 Å². The standard InChI is InChI=1S/C25H28ClFN6O/c1-16-23(10-18(14-28-16)17-3-7-33(8-4-17)9-5-27)31-24-29-15-20-13-22(34)12-19-11-21(26)2-6-30-25(19,20)32-24/h2,6,10-11,14-15,17,20H,3-5,7-9,12-13H2,1H3,(H,31,32). The van der Waals surface area contributed by atoms with E-state index in [0.717, 1.165) is 48.4 Å². The number of nitrogens with zero attached hydrogens (tertiary/aromatic N) is 5. The lowest BCUT2D eigenvalue weighted by Gasteiger charge is -2.39. The van der Waals surface area contributed by atoms with Gasteiger partial charge in [-0.15, -0.1) is 0 Å². The third-order valence-corrected chi connectivity index (χ3v) is 7.34. The fraction of sp³-hybridized carbons (Fsp3) is 0.480. The number of ketones is 1. The average molecular weight is 483 g/mol. The first-order valence-electron chi connectivity index (χ1n) is 11.8. The largest absolute Gasteiger partial charge is 0.323 e. The molecule has 1 aromatic rings. The van der Waals surface area contributed by atoms with Gasteiger partial charge in [-0.25, -0.2) is 14.4 Å². The number of hydrogen-bond acceptors (Lipinski definition) is 7. The predicted octanol–water partition coefficient (Wildman–Crippen LogP) is 4.20. The number of carbonyl (C=O) groups is 1. The van der Waals surface area contributed by atoms with Crippen molar-refractivity contribution in [3.8, 4) is 0 Å². The lowest BCUT2D eigenvalue weighted by Crippen LogP contribution is -2.46. The molecule has 1 spiro atoms. The molecule has 2 atom stereocenters. The third kappa shape index (κ3) is 4.49. The molecule has 1 N–H and O–H groups in total. The number of aryl methyl sites for hydroxylation is 1. The minimum Gasteiger partial charge on any atom is -0.323 e. The van der Waals surface area contributed by atoms with E-state index < -0.39 is 5.66 Å². The first-order valence-corrected chi connectivity index (χ1v) is 12.1. The highest BCUT2D eigenvalue weighted by molar-refractivity contribution is 6.32. The fourth-order valence-corrected chi connectivity index (χ4v) is 5.38. The number of halogens is 2. The van der Waals surface area contributed by atoms with E-state index in [4.69, 9.17) is 21.6 Å². The molecule has 0 aromatic carbocycles. The monoisotopic (exact) mass is 482 g/mol. The lowest BCUT2D eigenvalue weighted by molar-refractivity contribution is -0.120. The SMILES string of the molecule is Cc1ncc(C2CCN(CCF)CC2)cc1NC1=NC23N=CC=C(Cl)C=C2CC(=O)CC3C=N1. The van der Waals surface area contributed by atoms with Crippen molar-refractivity contribution in [3.63, 3.8) is 0 Å². The number of nitrogens with one attached hydrogen (secondary N) is 1. The van der Waals surface area contributed by atoms with Gasteiger partial charge in [-0.2, -0.15) is 0 Å². The topological polar surface area (TPSA) is 82.3 Å². The lowest BCUT2D eigenvalue weighted by atomic mass is 9.75. The number of aromatic nitrogens is 1. The number of piperidine rings is 1. The molecule has 4 heterocycles. The molecule has 1 saturated heterocycles. The Labute approximate surface area is 203 Å². The van der Waals surface area contributed by atoms with Gasteiger partial charge < -0.3 is 10.2 Å². The second-order valence-corrected chi connectivity index (χ2v) is 9.73. The van der Waals surface area contributed by atoms with E-state index in [2.05, 4.69) is 26.3 Å². The molecule has 4 aliphatic rings. The molecule has 1 saturated carbocycles. The summed E-state index contributed by atoms with van der Waals surface area (Å²) in [4.78, 5) is 33.3. The number of aliphatic imine (C=N–C) groups is 3. The molecule has 1 aromatic heterocycles. The Bertz CT molecular complexity index is 1130. The van der Waals surface area contributed by atoms with E-state index in [1.165, 1.54) is 0 Å². The first-order chi connectivity index (χ1) is 16.5. The minimum absolute atomic E-state index is 0.136. The van der Waals surface area contributed by atoms with Crippen molar-refractivity contribution in [2.75, 3.05) is 31.6 Å². The van der Waals surface area contributed by atoms with Crippen LogP contribution in [0.5, 0.6) is 0 Å². The van der Waals surface area contributed by atoms with Gasteiger partial charge in [0, 0.05) is 43.0 Å². The van der Waals surface area contributed by atoms with E-state index in [1.807, 2.05) is 19.2 Å². The summed E-state index contributed by atoms with van der Waals surface area (Å²) < 4.78 is 12.7. The highest BCUT2D eigenvalue weighted by Gasteiger charge is 2.48. The van der Waals surface area contributed by atoms with Crippen molar-refractivity contribution in [2.24, 2.45) is 20.9 Å². The number of anilines is 1. The van der Waals surface area contributed by atoms with E-state index in [0.29, 0.717) is 29.9 Å². The van der Waals surface area contributed by atoms with Gasteiger partial charge in [0.1, 0.15) is 12.5 Å². The number of alkyl halides is 1. The van der Waals surface area contributed by atoms with Crippen molar-refractivity contribution in [2.45, 2.75) is 44.2 Å². The molecule has 0 bridgehead atoms. The maximum absolute atomic E-state index is 12.7. The molecule has 2 fully saturated rings. The van der Waals surface area contributed by atoms with Crippen molar-refractivity contribution in [1.29, 1.82) is 0 Å². The molecular formula is C25H28ClFN6O. The Morgan fingerprint density at radius 3 is 2.94 bits per heavy atom. The molecule has 5 rings (SSSR count). The Morgan fingerprint density at radius 1 is 1.32 bits per heavy atom. The van der Waals surface area contributed by atoms with Crippen LogP contribution < -0.4 is 5.32 Å². The number of carbonyl (C=O) groups excluding carboxylic acids is 1. The summed E-state index contributed by atoms with van der Waals surface area (Å²) in [5.41, 5.74) is 2.74. The molecule has 9 heteroatoms. The Morgan fingerprint density at radius 2 is 2.15 bits per heavy atom. The zero-order chi connectivity index (χ0) is 23.7. The van der Waals surface area contributed by atoms with Crippen LogP contribution in [0.2, 0.25) is 0 Å². The predicted molar refractivity (Wildman–Crippen MR) is 134 cm³/mol. The summed E-state index contributed by atoms with van der Waals surface area (Å²) in [6, 6.07) is 2.12. The quantitative estimate of drug-likeness (QED) is 0.697. The average Bonchev–Trinajstić information content (AvgIpc) is 2.97. The first kappa shape index (κ1) is 23.1. The van der Waals surface area contributed by atoms with Gasteiger partial charge in [0.25, 0.3) is 0 Å². The van der Waals surface area contributed by atoms with Crippen LogP contribution in [-0.2, 0) is 4.79 Å². The highest BCUT2D eigenvalue weighted by Crippen LogP contribution is 2.43. The summed E-state index contributed by atoms with van der Waals surface area (Å²) in [6.45, 7) is 3.95. The number of likely N-dealkylation sites (tertiary alicyclic amines) is 1. The summed E-state index contributed by atoms with van der Waals surface area (Å²) in [6.07, 6.45) is 11.5. The molecule has 1 aliphatic carbocycles. The number of hydrogen-bond donors (Lipinski definition) is 1. The molecule has 3 aliphatic heterocycles. The Hall–Kier alpha value is -2.71. The summed E-state index contributed by atoms with van der Waals surface area (Å²) in [5.74, 6) is 0.726. The van der Waals surface area contributed by atoms with Crippen LogP contribution in [-0.4, -0.2) is 66.0 Å². The van der Waals surface area contributed by atoms with Crippen LogP contribution in [0.15, 0.2) is 50.0 Å². The molecule has 0 amide bonds. The van der Waals surface area contributed by atoms with Crippen LogP contribution in [0, 0.1) is 12.8 Å². The number of rotatable bonds is 4. The van der Waals surface area contributed by atoms with Crippen LogP contribution in [0.4, 0.5) is 10.1 Å². The normalized spacial score (nSPS) is 27.3. The zero-order valence-corrected chi connectivity index (χ0v) is 19.9. The van der Waals surface area contributed by atoms with Crippen LogP contribution >= 0.6 is 11.6 Å². The fourth-order valence-electron chi connectivity index (χ4n) is 5.19. The van der Waals surface area contributed by atoms with Crippen molar-refractivity contribution in [3.05, 3.63) is 46.3 Å². The molecule has 7 nitrogen and oxygen atoms in total. The smallest absolute Gasteiger partial charge is 0.224 e. The van der Waals surface area contributed by atoms with E-state index in [1.54, 1.807) is 18.5 Å². The van der Waals surface area contributed by atoms with Crippen LogP contribution in [0.3, 0.4) is 0 Å². The van der Waals surface area contributed by atoms with Crippen LogP contribution in [0.1, 0.15) is 42.9 Å². The van der Waals surface area contributed by atoms with E-state index in [9.17, 15) is 9.18 Å². The van der Waals surface area contributed by atoms with Gasteiger partial charge in [-0.3, -0.25) is 14.8 Å². The Balaban J connectivity index is 1.40. The maximum Gasteiger partial charge on any atom is 0.224 e. The van der Waals surface area contributed by atoms with Crippen LogP contribution in [0.25, 0.3) is 0 Å². The van der Waals surface area contributed by atoms with E-state index in [-0.39, 0.29) is 24.8 Å². The summed E-state index contributed by atoms with van der Waals surface area (Å²) in [5, 5.41) is 3.88. The minimum atomic E-state index is -0.909. The Kier molecular flexibility index (Phi) is 6.44. The second-order valence-electron chi connectivity index (χ2n) is 9.30. The number of Topliss-reactive ketones (excluding diaryl/α,β-unsaturated/α-hetero) is 1. The van der Waals surface area contributed by atoms with Gasteiger partial charge in [0.15, 0.2) is 5.66 Å². The molecule has 178 valence electrons. The van der Waals surface area contributed by atoms with Gasteiger partial charge in [0.05, 0.1) is 17.3 Å². The highest BCUT2D eigenvalue weighted by atomic mass is 35.5. The summed E-state index contributed by atoms with van der Waals surface area (Å²) >= 11 is 6.28. The number of pyridine rings is 1. The third-order valence-electron chi connectivity index (χ3n) is 7.11. The molecular weight excluding hydrogens is 455 g/mol. The maximum atomic E-state index is 12.7. The number of guanidine groups is 1. The second kappa shape index (κ2) is 9.50. The molecule has 34 heavy (non-hydrogen) atoms.